The van der Waals surface area contributed by atoms with E-state index in [-0.39, 0.29) is 0 Å². The summed E-state index contributed by atoms with van der Waals surface area (Å²) in [5.74, 6) is 0.917. The molecule has 0 unspecified atom stereocenters. The van der Waals surface area contributed by atoms with Crippen molar-refractivity contribution in [1.29, 1.82) is 0 Å². The van der Waals surface area contributed by atoms with Crippen LogP contribution >= 0.6 is 34.6 Å². The fourth-order valence-corrected chi connectivity index (χ4v) is 3.35. The zero-order chi connectivity index (χ0) is 11.2. The molecule has 4 nitrogen and oxygen atoms in total. The zero-order valence-corrected chi connectivity index (χ0v) is 11.3. The highest BCUT2D eigenvalue weighted by molar-refractivity contribution is 8.00. The average Bonchev–Trinajstić information content (AvgIpc) is 2.95. The zero-order valence-electron chi connectivity index (χ0n) is 8.84. The van der Waals surface area contributed by atoms with Crippen LogP contribution in [0, 0.1) is 0 Å². The Balaban J connectivity index is 1.83. The van der Waals surface area contributed by atoms with Crippen LogP contribution < -0.4 is 5.32 Å². The molecule has 0 saturated carbocycles. The van der Waals surface area contributed by atoms with Gasteiger partial charge in [-0.2, -0.15) is 4.37 Å². The van der Waals surface area contributed by atoms with Crippen LogP contribution in [0.4, 0.5) is 5.13 Å². The second-order valence-corrected chi connectivity index (χ2v) is 6.17. The van der Waals surface area contributed by atoms with E-state index in [2.05, 4.69) is 26.6 Å². The lowest BCUT2D eigenvalue weighted by atomic mass is 10.5. The normalized spacial score (nSPS) is 10.6. The predicted octanol–water partition coefficient (Wildman–Crippen LogP) is 3.11. The summed E-state index contributed by atoms with van der Waals surface area (Å²) in [6, 6.07) is 0. The van der Waals surface area contributed by atoms with Crippen molar-refractivity contribution >= 4 is 39.8 Å². The molecule has 0 fully saturated rings. The van der Waals surface area contributed by atoms with Gasteiger partial charge in [-0.25, -0.2) is 9.97 Å². The number of anilines is 1. The Kier molecular flexibility index (Phi) is 4.55. The number of rotatable bonds is 6. The number of aromatic nitrogens is 3. The molecule has 1 N–H and O–H groups in total. The minimum Gasteiger partial charge on any atom is -0.362 e. The van der Waals surface area contributed by atoms with Crippen molar-refractivity contribution in [2.45, 2.75) is 23.4 Å². The van der Waals surface area contributed by atoms with Gasteiger partial charge in [0.25, 0.3) is 0 Å². The number of nitrogens with one attached hydrogen (secondary N) is 1. The van der Waals surface area contributed by atoms with E-state index in [1.807, 2.05) is 6.20 Å². The Bertz CT molecular complexity index is 412. The van der Waals surface area contributed by atoms with Gasteiger partial charge in [0.05, 0.1) is 0 Å². The Hall–Kier alpha value is -0.660. The van der Waals surface area contributed by atoms with Crippen LogP contribution in [-0.2, 0) is 5.75 Å². The van der Waals surface area contributed by atoms with Crippen molar-refractivity contribution in [3.05, 3.63) is 17.4 Å². The molecule has 0 radical (unpaired) electrons. The lowest BCUT2D eigenvalue weighted by molar-refractivity contribution is 0.976. The first-order valence-corrected chi connectivity index (χ1v) is 7.54. The minimum absolute atomic E-state index is 0.917. The van der Waals surface area contributed by atoms with Crippen LogP contribution in [0.25, 0.3) is 0 Å². The summed E-state index contributed by atoms with van der Waals surface area (Å²) in [5, 5.41) is 4.29. The van der Waals surface area contributed by atoms with Gasteiger partial charge in [0.2, 0.25) is 0 Å². The third-order valence-corrected chi connectivity index (χ3v) is 4.74. The average molecular weight is 272 g/mol. The molecule has 0 saturated heterocycles. The highest BCUT2D eigenvalue weighted by Crippen LogP contribution is 2.27. The molecular weight excluding hydrogens is 260 g/mol. The van der Waals surface area contributed by atoms with Gasteiger partial charge in [-0.05, 0) is 18.0 Å². The fourth-order valence-electron chi connectivity index (χ4n) is 1.05. The second-order valence-electron chi connectivity index (χ2n) is 3.05. The fraction of sp³-hybridized carbons (Fsp3) is 0.444. The molecule has 16 heavy (non-hydrogen) atoms. The van der Waals surface area contributed by atoms with Crippen LogP contribution in [0.15, 0.2) is 16.9 Å². The maximum absolute atomic E-state index is 4.32. The van der Waals surface area contributed by atoms with Gasteiger partial charge in [0.15, 0.2) is 9.47 Å². The van der Waals surface area contributed by atoms with Gasteiger partial charge in [0.1, 0.15) is 6.33 Å². The van der Waals surface area contributed by atoms with E-state index in [9.17, 15) is 0 Å². The first-order valence-electron chi connectivity index (χ1n) is 4.96. The van der Waals surface area contributed by atoms with Gasteiger partial charge in [-0.3, -0.25) is 0 Å². The maximum Gasteiger partial charge on any atom is 0.182 e. The highest BCUT2D eigenvalue weighted by Gasteiger charge is 2.03. The van der Waals surface area contributed by atoms with Crippen molar-refractivity contribution < 1.29 is 0 Å². The summed E-state index contributed by atoms with van der Waals surface area (Å²) in [4.78, 5) is 9.70. The molecule has 0 amide bonds. The molecule has 0 atom stereocenters. The van der Waals surface area contributed by atoms with E-state index in [4.69, 9.17) is 0 Å². The molecule has 0 spiro atoms. The molecule has 2 heterocycles. The van der Waals surface area contributed by atoms with Gasteiger partial charge in [-0.1, -0.05) is 18.7 Å². The van der Waals surface area contributed by atoms with E-state index in [0.717, 1.165) is 28.2 Å². The van der Waals surface area contributed by atoms with Crippen molar-refractivity contribution in [1.82, 2.24) is 14.3 Å². The van der Waals surface area contributed by atoms with Crippen LogP contribution in [0.5, 0.6) is 0 Å². The monoisotopic (exact) mass is 272 g/mol. The van der Waals surface area contributed by atoms with Crippen molar-refractivity contribution in [3.63, 3.8) is 0 Å². The van der Waals surface area contributed by atoms with Crippen LogP contribution in [0.1, 0.15) is 18.2 Å². The maximum atomic E-state index is 4.32. The molecule has 7 heteroatoms. The van der Waals surface area contributed by atoms with Crippen LogP contribution in [-0.4, -0.2) is 20.9 Å². The topological polar surface area (TPSA) is 50.7 Å². The van der Waals surface area contributed by atoms with E-state index in [1.165, 1.54) is 16.4 Å². The molecule has 2 rings (SSSR count). The van der Waals surface area contributed by atoms with Crippen molar-refractivity contribution in [2.24, 2.45) is 0 Å². The Morgan fingerprint density at radius 3 is 3.12 bits per heavy atom. The summed E-state index contributed by atoms with van der Waals surface area (Å²) in [6.45, 7) is 3.13. The number of nitrogens with zero attached hydrogens (tertiary/aromatic N) is 3. The summed E-state index contributed by atoms with van der Waals surface area (Å²) in [5.41, 5.74) is 0. The molecule has 0 aliphatic rings. The predicted molar refractivity (Wildman–Crippen MR) is 70.4 cm³/mol. The molecule has 2 aromatic heterocycles. The van der Waals surface area contributed by atoms with Gasteiger partial charge in [0, 0.05) is 23.4 Å². The molecule has 0 bridgehead atoms. The first-order chi connectivity index (χ1) is 7.88. The third-order valence-electron chi connectivity index (χ3n) is 1.76. The summed E-state index contributed by atoms with van der Waals surface area (Å²) < 4.78 is 4.98. The molecule has 0 aliphatic heterocycles. The molecule has 0 aromatic carbocycles. The third kappa shape index (κ3) is 3.43. The van der Waals surface area contributed by atoms with E-state index < -0.39 is 0 Å². The largest absolute Gasteiger partial charge is 0.362 e. The van der Waals surface area contributed by atoms with Crippen LogP contribution in [0.2, 0.25) is 0 Å². The quantitative estimate of drug-likeness (QED) is 0.819. The standard InChI is InChI=1S/C9H12N4S3/c1-2-3-10-8-11-4-7(15-8)5-14-9-12-6-13-16-9/h4,6H,2-3,5H2,1H3,(H,10,11). The Morgan fingerprint density at radius 2 is 2.38 bits per heavy atom. The summed E-state index contributed by atoms with van der Waals surface area (Å²) >= 11 is 4.85. The van der Waals surface area contributed by atoms with E-state index in [0.29, 0.717) is 0 Å². The highest BCUT2D eigenvalue weighted by atomic mass is 32.2. The number of hydrogen-bond acceptors (Lipinski definition) is 7. The summed E-state index contributed by atoms with van der Waals surface area (Å²) in [7, 11) is 0. The lowest BCUT2D eigenvalue weighted by Crippen LogP contribution is -1.97. The lowest BCUT2D eigenvalue weighted by Gasteiger charge is -1.96. The van der Waals surface area contributed by atoms with Crippen LogP contribution in [0.3, 0.4) is 0 Å². The summed E-state index contributed by atoms with van der Waals surface area (Å²) in [6.07, 6.45) is 4.64. The Morgan fingerprint density at radius 1 is 1.44 bits per heavy atom. The first kappa shape index (κ1) is 11.8. The van der Waals surface area contributed by atoms with E-state index >= 15 is 0 Å². The van der Waals surface area contributed by atoms with Gasteiger partial charge in [-0.15, -0.1) is 11.3 Å². The molecule has 2 aromatic rings. The molecule has 0 aliphatic carbocycles. The molecule has 86 valence electrons. The number of hydrogen-bond donors (Lipinski definition) is 1. The number of thioether (sulfide) groups is 1. The van der Waals surface area contributed by atoms with Gasteiger partial charge >= 0.3 is 0 Å². The molecular formula is C9H12N4S3. The van der Waals surface area contributed by atoms with Gasteiger partial charge < -0.3 is 5.32 Å². The smallest absolute Gasteiger partial charge is 0.182 e. The second kappa shape index (κ2) is 6.17. The SMILES string of the molecule is CCCNc1ncc(CSc2ncns2)s1. The van der Waals surface area contributed by atoms with E-state index in [1.54, 1.807) is 29.4 Å². The Labute approximate surface area is 107 Å². The van der Waals surface area contributed by atoms with Crippen molar-refractivity contribution in [2.75, 3.05) is 11.9 Å². The minimum atomic E-state index is 0.917. The number of thiazole rings is 1. The van der Waals surface area contributed by atoms with Crippen molar-refractivity contribution in [3.8, 4) is 0 Å².